The quantitative estimate of drug-likeness (QED) is 0.773. The van der Waals surface area contributed by atoms with Gasteiger partial charge in [-0.05, 0) is 17.9 Å². The lowest BCUT2D eigenvalue weighted by molar-refractivity contribution is -0.119. The Hall–Kier alpha value is -0.870. The molecule has 3 N–H and O–H groups in total. The summed E-state index contributed by atoms with van der Waals surface area (Å²) >= 11 is 1.56. The van der Waals surface area contributed by atoms with Crippen molar-refractivity contribution in [2.45, 2.75) is 13.3 Å². The van der Waals surface area contributed by atoms with Crippen molar-refractivity contribution in [2.75, 3.05) is 11.9 Å². The van der Waals surface area contributed by atoms with E-state index in [9.17, 15) is 4.79 Å². The Morgan fingerprint density at radius 3 is 3.00 bits per heavy atom. The maximum absolute atomic E-state index is 11.5. The summed E-state index contributed by atoms with van der Waals surface area (Å²) in [7, 11) is 0. The summed E-state index contributed by atoms with van der Waals surface area (Å²) in [5.74, 6) is -0.0525. The van der Waals surface area contributed by atoms with E-state index in [2.05, 4.69) is 5.32 Å². The van der Waals surface area contributed by atoms with Gasteiger partial charge in [-0.2, -0.15) is 11.3 Å². The van der Waals surface area contributed by atoms with Crippen molar-refractivity contribution < 1.29 is 4.79 Å². The number of hydrogen-bond acceptors (Lipinski definition) is 3. The first-order valence-electron chi connectivity index (χ1n) is 4.31. The van der Waals surface area contributed by atoms with E-state index in [0.29, 0.717) is 6.54 Å². The summed E-state index contributed by atoms with van der Waals surface area (Å²) in [6.45, 7) is 2.37. The van der Waals surface area contributed by atoms with Crippen molar-refractivity contribution in [1.82, 2.24) is 0 Å². The lowest BCUT2D eigenvalue weighted by atomic mass is 10.1. The Morgan fingerprint density at radius 1 is 1.77 bits per heavy atom. The van der Waals surface area contributed by atoms with Crippen LogP contribution in [0.15, 0.2) is 16.8 Å². The molecule has 0 aliphatic carbocycles. The van der Waals surface area contributed by atoms with Crippen molar-refractivity contribution in [2.24, 2.45) is 11.7 Å². The zero-order valence-electron chi connectivity index (χ0n) is 7.62. The molecule has 13 heavy (non-hydrogen) atoms. The van der Waals surface area contributed by atoms with Crippen LogP contribution in [0.5, 0.6) is 0 Å². The predicted molar refractivity (Wildman–Crippen MR) is 55.8 cm³/mol. The average Bonchev–Trinajstić information content (AvgIpc) is 2.59. The van der Waals surface area contributed by atoms with Gasteiger partial charge in [-0.3, -0.25) is 4.79 Å². The standard InChI is InChI=1S/C9H14N2OS/c1-2-7(5-10)9(12)11-8-3-4-13-6-8/h3-4,6-7H,2,5,10H2,1H3,(H,11,12). The summed E-state index contributed by atoms with van der Waals surface area (Å²) in [4.78, 5) is 11.5. The van der Waals surface area contributed by atoms with E-state index in [4.69, 9.17) is 5.73 Å². The Labute approximate surface area is 81.9 Å². The third kappa shape index (κ3) is 2.82. The molecule has 1 heterocycles. The fraction of sp³-hybridized carbons (Fsp3) is 0.444. The summed E-state index contributed by atoms with van der Waals surface area (Å²) in [5.41, 5.74) is 6.32. The Bertz CT molecular complexity index is 255. The first-order chi connectivity index (χ1) is 6.27. The second-order valence-corrected chi connectivity index (χ2v) is 3.62. The van der Waals surface area contributed by atoms with E-state index < -0.39 is 0 Å². The molecule has 0 bridgehead atoms. The summed E-state index contributed by atoms with van der Waals surface area (Å²) in [5, 5.41) is 6.65. The molecule has 0 aliphatic heterocycles. The molecule has 1 unspecified atom stereocenters. The van der Waals surface area contributed by atoms with Crippen molar-refractivity contribution in [3.8, 4) is 0 Å². The van der Waals surface area contributed by atoms with E-state index in [1.807, 2.05) is 23.8 Å². The number of carbonyl (C=O) groups is 1. The second kappa shape index (κ2) is 4.99. The topological polar surface area (TPSA) is 55.1 Å². The highest BCUT2D eigenvalue weighted by Gasteiger charge is 2.14. The van der Waals surface area contributed by atoms with Gasteiger partial charge in [0.2, 0.25) is 5.91 Å². The van der Waals surface area contributed by atoms with E-state index in [1.165, 1.54) is 0 Å². The minimum atomic E-state index is -0.0695. The van der Waals surface area contributed by atoms with E-state index in [0.717, 1.165) is 12.1 Å². The first kappa shape index (κ1) is 10.2. The highest BCUT2D eigenvalue weighted by molar-refractivity contribution is 7.08. The Morgan fingerprint density at radius 2 is 2.54 bits per heavy atom. The maximum atomic E-state index is 11.5. The van der Waals surface area contributed by atoms with E-state index in [-0.39, 0.29) is 11.8 Å². The largest absolute Gasteiger partial charge is 0.330 e. The number of hydrogen-bond donors (Lipinski definition) is 2. The lowest BCUT2D eigenvalue weighted by Crippen LogP contribution is -2.28. The summed E-state index contributed by atoms with van der Waals surface area (Å²) in [6.07, 6.45) is 0.784. The number of thiophene rings is 1. The number of carbonyl (C=O) groups excluding carboxylic acids is 1. The van der Waals surface area contributed by atoms with Crippen LogP contribution in [0.2, 0.25) is 0 Å². The van der Waals surface area contributed by atoms with Crippen LogP contribution in [-0.2, 0) is 4.79 Å². The molecule has 1 aromatic rings. The lowest BCUT2D eigenvalue weighted by Gasteiger charge is -2.11. The second-order valence-electron chi connectivity index (χ2n) is 2.84. The van der Waals surface area contributed by atoms with Crippen LogP contribution in [0.1, 0.15) is 13.3 Å². The molecule has 4 heteroatoms. The maximum Gasteiger partial charge on any atom is 0.228 e. The van der Waals surface area contributed by atoms with Crippen molar-refractivity contribution >= 4 is 22.9 Å². The fourth-order valence-electron chi connectivity index (χ4n) is 1.04. The Kier molecular flexibility index (Phi) is 3.92. The third-order valence-corrected chi connectivity index (χ3v) is 2.62. The number of anilines is 1. The number of amides is 1. The zero-order valence-corrected chi connectivity index (χ0v) is 8.43. The molecule has 0 saturated heterocycles. The smallest absolute Gasteiger partial charge is 0.228 e. The van der Waals surface area contributed by atoms with Gasteiger partial charge in [0, 0.05) is 11.9 Å². The third-order valence-electron chi connectivity index (χ3n) is 1.94. The van der Waals surface area contributed by atoms with Crippen LogP contribution < -0.4 is 11.1 Å². The number of nitrogens with two attached hydrogens (primary N) is 1. The van der Waals surface area contributed by atoms with E-state index in [1.54, 1.807) is 11.3 Å². The van der Waals surface area contributed by atoms with Crippen LogP contribution in [0, 0.1) is 5.92 Å². The zero-order chi connectivity index (χ0) is 9.68. The van der Waals surface area contributed by atoms with Gasteiger partial charge >= 0.3 is 0 Å². The van der Waals surface area contributed by atoms with Crippen LogP contribution in [0.3, 0.4) is 0 Å². The van der Waals surface area contributed by atoms with Gasteiger partial charge in [0.05, 0.1) is 11.6 Å². The normalized spacial score (nSPS) is 12.5. The minimum Gasteiger partial charge on any atom is -0.330 e. The van der Waals surface area contributed by atoms with Gasteiger partial charge in [-0.15, -0.1) is 0 Å². The van der Waals surface area contributed by atoms with Gasteiger partial charge in [0.15, 0.2) is 0 Å². The molecule has 1 amide bonds. The highest BCUT2D eigenvalue weighted by Crippen LogP contribution is 2.13. The van der Waals surface area contributed by atoms with Crippen molar-refractivity contribution in [1.29, 1.82) is 0 Å². The molecule has 0 radical (unpaired) electrons. The minimum absolute atomic E-state index is 0.0170. The molecule has 0 fully saturated rings. The molecular weight excluding hydrogens is 184 g/mol. The summed E-state index contributed by atoms with van der Waals surface area (Å²) in [6, 6.07) is 1.88. The number of rotatable bonds is 4. The van der Waals surface area contributed by atoms with E-state index >= 15 is 0 Å². The van der Waals surface area contributed by atoms with Gasteiger partial charge in [0.25, 0.3) is 0 Å². The molecule has 1 rings (SSSR count). The average molecular weight is 198 g/mol. The monoisotopic (exact) mass is 198 g/mol. The van der Waals surface area contributed by atoms with Crippen molar-refractivity contribution in [3.05, 3.63) is 16.8 Å². The highest BCUT2D eigenvalue weighted by atomic mass is 32.1. The van der Waals surface area contributed by atoms with Crippen LogP contribution >= 0.6 is 11.3 Å². The van der Waals surface area contributed by atoms with Gasteiger partial charge in [0.1, 0.15) is 0 Å². The molecular formula is C9H14N2OS. The molecule has 0 spiro atoms. The molecule has 0 aromatic carbocycles. The Balaban J connectivity index is 2.49. The molecule has 0 aliphatic rings. The first-order valence-corrected chi connectivity index (χ1v) is 5.25. The van der Waals surface area contributed by atoms with Crippen LogP contribution in [-0.4, -0.2) is 12.5 Å². The molecule has 1 atom stereocenters. The predicted octanol–water partition coefficient (Wildman–Crippen LogP) is 1.67. The van der Waals surface area contributed by atoms with Crippen LogP contribution in [0.4, 0.5) is 5.69 Å². The SMILES string of the molecule is CCC(CN)C(=O)Nc1ccsc1. The molecule has 72 valence electrons. The fourth-order valence-corrected chi connectivity index (χ4v) is 1.63. The summed E-state index contributed by atoms with van der Waals surface area (Å²) < 4.78 is 0. The van der Waals surface area contributed by atoms with Gasteiger partial charge in [-0.25, -0.2) is 0 Å². The van der Waals surface area contributed by atoms with Gasteiger partial charge < -0.3 is 11.1 Å². The van der Waals surface area contributed by atoms with Crippen molar-refractivity contribution in [3.63, 3.8) is 0 Å². The number of nitrogens with one attached hydrogen (secondary N) is 1. The van der Waals surface area contributed by atoms with Gasteiger partial charge in [-0.1, -0.05) is 6.92 Å². The van der Waals surface area contributed by atoms with Crippen LogP contribution in [0.25, 0.3) is 0 Å². The molecule has 0 saturated carbocycles. The molecule has 1 aromatic heterocycles. The molecule has 3 nitrogen and oxygen atoms in total.